The lowest BCUT2D eigenvalue weighted by molar-refractivity contribution is 0.171. The second-order valence-corrected chi connectivity index (χ2v) is 11.4. The van der Waals surface area contributed by atoms with E-state index >= 15 is 0 Å². The van der Waals surface area contributed by atoms with Gasteiger partial charge in [-0.25, -0.2) is 0 Å². The Morgan fingerprint density at radius 2 is 1.67 bits per heavy atom. The predicted molar refractivity (Wildman–Crippen MR) is 167 cm³/mol. The van der Waals surface area contributed by atoms with Gasteiger partial charge in [0, 0.05) is 30.9 Å². The number of rotatable bonds is 12. The van der Waals surface area contributed by atoms with Crippen molar-refractivity contribution in [3.8, 4) is 40.2 Å². The Bertz CT molecular complexity index is 1650. The molecule has 220 valence electrons. The summed E-state index contributed by atoms with van der Waals surface area (Å²) in [7, 11) is 2.14. The lowest BCUT2D eigenvalue weighted by Gasteiger charge is -2.21. The molecule has 0 radical (unpaired) electrons. The molecule has 1 heterocycles. The number of aryl methyl sites for hydroxylation is 1. The van der Waals surface area contributed by atoms with Gasteiger partial charge in [0.15, 0.2) is 20.0 Å². The maximum atomic E-state index is 11.0. The van der Waals surface area contributed by atoms with Gasteiger partial charge in [0.1, 0.15) is 37.9 Å². The molecule has 0 N–H and O–H groups in total. The molecule has 1 aliphatic rings. The van der Waals surface area contributed by atoms with Crippen LogP contribution in [0.4, 0.5) is 0 Å². The molecule has 8 heteroatoms. The monoisotopic (exact) mass is 594 g/mol. The summed E-state index contributed by atoms with van der Waals surface area (Å²) in [5.41, 5.74) is 7.95. The Kier molecular flexibility index (Phi) is 9.94. The Balaban J connectivity index is 1.37. The molecule has 5 rings (SSSR count). The van der Waals surface area contributed by atoms with Crippen LogP contribution in [-0.2, 0) is 24.3 Å². The van der Waals surface area contributed by atoms with E-state index in [2.05, 4.69) is 48.2 Å². The molecule has 0 saturated carbocycles. The topological polar surface area (TPSA) is 81.0 Å². The lowest BCUT2D eigenvalue weighted by Crippen LogP contribution is -2.20. The summed E-state index contributed by atoms with van der Waals surface area (Å²) in [5.74, 6) is 3.01. The first-order valence-corrected chi connectivity index (χ1v) is 15.3. The molecule has 1 aliphatic heterocycles. The third-order valence-corrected chi connectivity index (χ3v) is 7.89. The molecule has 0 aromatic heterocycles. The van der Waals surface area contributed by atoms with Gasteiger partial charge in [-0.1, -0.05) is 36.4 Å². The van der Waals surface area contributed by atoms with Gasteiger partial charge in [-0.15, -0.1) is 0 Å². The smallest absolute Gasteiger partial charge is 0.161 e. The molecule has 0 amide bonds. The van der Waals surface area contributed by atoms with E-state index < -0.39 is 0 Å². The highest BCUT2D eigenvalue weighted by Crippen LogP contribution is 2.37. The first-order valence-electron chi connectivity index (χ1n) is 14.3. The van der Waals surface area contributed by atoms with Gasteiger partial charge in [0.25, 0.3) is 0 Å². The minimum absolute atomic E-state index is 0.135. The van der Waals surface area contributed by atoms with E-state index in [1.165, 1.54) is 0 Å². The number of ether oxygens (including phenoxy) is 4. The highest BCUT2D eigenvalue weighted by molar-refractivity contribution is 7.23. The molecule has 43 heavy (non-hydrogen) atoms. The molecule has 0 unspecified atom stereocenters. The summed E-state index contributed by atoms with van der Waals surface area (Å²) in [6.45, 7) is 7.33. The number of hydrogen-bond donors (Lipinski definition) is 0. The molecule has 0 fully saturated rings. The number of nitriles is 1. The first kappa shape index (κ1) is 30.1. The average Bonchev–Trinajstić information content (AvgIpc) is 3.03. The van der Waals surface area contributed by atoms with Crippen LogP contribution in [-0.4, -0.2) is 37.9 Å². The van der Waals surface area contributed by atoms with Crippen molar-refractivity contribution in [2.24, 2.45) is 0 Å². The van der Waals surface area contributed by atoms with E-state index in [1.807, 2.05) is 50.4 Å². The Hall–Kier alpha value is -4.37. The van der Waals surface area contributed by atoms with Gasteiger partial charge in [0.05, 0.1) is 11.6 Å². The zero-order valence-electron chi connectivity index (χ0n) is 24.8. The highest BCUT2D eigenvalue weighted by Gasteiger charge is 2.16. The minimum atomic E-state index is 0.135. The van der Waals surface area contributed by atoms with Gasteiger partial charge >= 0.3 is 0 Å². The largest absolute Gasteiger partial charge is 0.488 e. The SMILES string of the molecule is Cc1cc(CN(C)CCP=O)c(OCc2cccc(C#N)c2)cc1OCc1cccc(-c2ccc3c(c2)OCCO3)c1C. The van der Waals surface area contributed by atoms with Gasteiger partial charge in [-0.05, 0) is 84.6 Å². The molecule has 4 aromatic carbocycles. The van der Waals surface area contributed by atoms with Crippen molar-refractivity contribution in [1.29, 1.82) is 5.26 Å². The maximum absolute atomic E-state index is 11.0. The van der Waals surface area contributed by atoms with Crippen molar-refractivity contribution in [3.63, 3.8) is 0 Å². The van der Waals surface area contributed by atoms with Crippen LogP contribution in [0.3, 0.4) is 0 Å². The van der Waals surface area contributed by atoms with Crippen LogP contribution >= 0.6 is 8.46 Å². The maximum Gasteiger partial charge on any atom is 0.161 e. The second-order valence-electron chi connectivity index (χ2n) is 10.7. The third-order valence-electron chi connectivity index (χ3n) is 7.50. The number of benzene rings is 4. The van der Waals surface area contributed by atoms with Crippen LogP contribution in [0.5, 0.6) is 23.0 Å². The second kappa shape index (κ2) is 14.2. The zero-order chi connectivity index (χ0) is 30.2. The van der Waals surface area contributed by atoms with Crippen molar-refractivity contribution in [2.75, 3.05) is 33.0 Å². The molecular weight excluding hydrogens is 559 g/mol. The molecule has 0 spiro atoms. The molecule has 7 nitrogen and oxygen atoms in total. The zero-order valence-corrected chi connectivity index (χ0v) is 25.7. The molecule has 0 aliphatic carbocycles. The van der Waals surface area contributed by atoms with Crippen LogP contribution in [0, 0.1) is 25.2 Å². The summed E-state index contributed by atoms with van der Waals surface area (Å²) in [6.07, 6.45) is 0.568. The quantitative estimate of drug-likeness (QED) is 0.157. The van der Waals surface area contributed by atoms with Crippen LogP contribution in [0.2, 0.25) is 0 Å². The average molecular weight is 595 g/mol. The number of hydrogen-bond acceptors (Lipinski definition) is 7. The summed E-state index contributed by atoms with van der Waals surface area (Å²) >= 11 is 0. The molecule has 0 saturated heterocycles. The van der Waals surface area contributed by atoms with Gasteiger partial charge < -0.3 is 23.8 Å². The van der Waals surface area contributed by atoms with E-state index in [4.69, 9.17) is 18.9 Å². The normalized spacial score (nSPS) is 12.3. The highest BCUT2D eigenvalue weighted by atomic mass is 31.1. The Morgan fingerprint density at radius 1 is 0.884 bits per heavy atom. The summed E-state index contributed by atoms with van der Waals surface area (Å²) < 4.78 is 35.2. The van der Waals surface area contributed by atoms with E-state index in [0.717, 1.165) is 61.9 Å². The van der Waals surface area contributed by atoms with Crippen LogP contribution in [0.25, 0.3) is 11.1 Å². The molecule has 0 atom stereocenters. The fraction of sp³-hybridized carbons (Fsp3) is 0.286. The summed E-state index contributed by atoms with van der Waals surface area (Å²) in [4.78, 5) is 2.12. The molecular formula is C35H35N2O5P. The fourth-order valence-corrected chi connectivity index (χ4v) is 5.56. The fourth-order valence-electron chi connectivity index (χ4n) is 5.13. The van der Waals surface area contributed by atoms with Crippen molar-refractivity contribution < 1.29 is 23.5 Å². The van der Waals surface area contributed by atoms with Crippen molar-refractivity contribution in [3.05, 3.63) is 106 Å². The van der Waals surface area contributed by atoms with E-state index in [-0.39, 0.29) is 8.46 Å². The third kappa shape index (κ3) is 7.53. The van der Waals surface area contributed by atoms with Crippen molar-refractivity contribution >= 4 is 8.46 Å². The predicted octanol–water partition coefficient (Wildman–Crippen LogP) is 7.49. The van der Waals surface area contributed by atoms with Crippen molar-refractivity contribution in [1.82, 2.24) is 4.90 Å². The summed E-state index contributed by atoms with van der Waals surface area (Å²) in [6, 6.07) is 26.0. The first-order chi connectivity index (χ1) is 20.9. The van der Waals surface area contributed by atoms with E-state index in [1.54, 1.807) is 6.07 Å². The van der Waals surface area contributed by atoms with Crippen LogP contribution in [0.15, 0.2) is 72.8 Å². The Morgan fingerprint density at radius 3 is 2.49 bits per heavy atom. The summed E-state index contributed by atoms with van der Waals surface area (Å²) in [5, 5.41) is 9.28. The molecule has 4 aromatic rings. The van der Waals surface area contributed by atoms with Gasteiger partial charge in [-0.2, -0.15) is 5.26 Å². The number of fused-ring (bicyclic) bond motifs is 1. The van der Waals surface area contributed by atoms with Gasteiger partial charge in [0.2, 0.25) is 0 Å². The van der Waals surface area contributed by atoms with Crippen molar-refractivity contribution in [2.45, 2.75) is 33.6 Å². The lowest BCUT2D eigenvalue weighted by atomic mass is 9.96. The van der Waals surface area contributed by atoms with Crippen LogP contribution in [0.1, 0.15) is 33.4 Å². The molecule has 0 bridgehead atoms. The Labute approximate surface area is 254 Å². The van der Waals surface area contributed by atoms with Gasteiger partial charge in [-0.3, -0.25) is 4.57 Å². The van der Waals surface area contributed by atoms with E-state index in [0.29, 0.717) is 51.2 Å². The number of nitrogens with zero attached hydrogens (tertiary/aromatic N) is 2. The van der Waals surface area contributed by atoms with Crippen LogP contribution < -0.4 is 18.9 Å². The minimum Gasteiger partial charge on any atom is -0.488 e. The standard InChI is InChI=1S/C35H35N2O5P/c1-24-16-30(21-37(3)12-15-43-38)34(41-22-27-7-4-6-26(17-27)20-36)19-33(24)42-23-29-8-5-9-31(25(29)2)28-10-11-32-35(18-28)40-14-13-39-32/h4-11,16-19H,12-15,21-23H2,1-3H3. The van der Waals surface area contributed by atoms with E-state index in [9.17, 15) is 9.83 Å².